The van der Waals surface area contributed by atoms with Crippen molar-refractivity contribution in [1.29, 1.82) is 0 Å². The van der Waals surface area contributed by atoms with Gasteiger partial charge in [0.1, 0.15) is 6.04 Å². The summed E-state index contributed by atoms with van der Waals surface area (Å²) in [4.78, 5) is 27.0. The maximum Gasteiger partial charge on any atom is 0.471 e. The number of halogens is 4. The summed E-state index contributed by atoms with van der Waals surface area (Å²) in [7, 11) is -2.84. The Morgan fingerprint density at radius 1 is 1.16 bits per heavy atom. The van der Waals surface area contributed by atoms with E-state index in [-0.39, 0.29) is 23.2 Å². The highest BCUT2D eigenvalue weighted by Crippen LogP contribution is 2.39. The van der Waals surface area contributed by atoms with Crippen LogP contribution in [0.4, 0.5) is 24.5 Å². The second kappa shape index (κ2) is 9.17. The molecule has 0 bridgehead atoms. The number of sulfonamides is 1. The van der Waals surface area contributed by atoms with E-state index in [9.17, 15) is 31.2 Å². The van der Waals surface area contributed by atoms with Crippen LogP contribution >= 0.6 is 11.6 Å². The molecule has 2 aromatic rings. The minimum absolute atomic E-state index is 0.0249. The van der Waals surface area contributed by atoms with Crippen LogP contribution in [0.1, 0.15) is 41.0 Å². The monoisotopic (exact) mass is 556 g/mol. The number of fused-ring (bicyclic) bond motifs is 2. The maximum absolute atomic E-state index is 13.1. The first-order valence-corrected chi connectivity index (χ1v) is 13.6. The van der Waals surface area contributed by atoms with Gasteiger partial charge < -0.3 is 15.1 Å². The number of anilines is 2. The predicted molar refractivity (Wildman–Crippen MR) is 131 cm³/mol. The third-order valence-electron chi connectivity index (χ3n) is 7.16. The number of amides is 2. The molecule has 37 heavy (non-hydrogen) atoms. The SMILES string of the molecule is CN(C(=O)C(F)(F)F)C1CCc2cc(N3CC[C@H](NS(=O)(=O)c4ccc5c(c4)NCC5Cl)C3=O)ccc21. The highest BCUT2D eigenvalue weighted by molar-refractivity contribution is 7.89. The van der Waals surface area contributed by atoms with E-state index in [1.54, 1.807) is 24.3 Å². The van der Waals surface area contributed by atoms with E-state index in [1.165, 1.54) is 17.0 Å². The fourth-order valence-electron chi connectivity index (χ4n) is 5.23. The number of carbonyl (C=O) groups is 2. The molecule has 1 aliphatic carbocycles. The molecule has 2 N–H and O–H groups in total. The zero-order valence-electron chi connectivity index (χ0n) is 19.7. The fraction of sp³-hybridized carbons (Fsp3) is 0.417. The molecular formula is C24H24ClF3N4O4S. The number of nitrogens with one attached hydrogen (secondary N) is 2. The lowest BCUT2D eigenvalue weighted by atomic mass is 10.1. The third kappa shape index (κ3) is 4.66. The summed E-state index contributed by atoms with van der Waals surface area (Å²) in [5.41, 5.74) is 3.35. The van der Waals surface area contributed by atoms with Gasteiger partial charge in [-0.25, -0.2) is 8.42 Å². The van der Waals surface area contributed by atoms with Crippen LogP contribution < -0.4 is 14.9 Å². The summed E-state index contributed by atoms with van der Waals surface area (Å²) in [5, 5.41) is 2.82. The van der Waals surface area contributed by atoms with E-state index in [1.807, 2.05) is 0 Å². The Morgan fingerprint density at radius 3 is 2.62 bits per heavy atom. The smallest absolute Gasteiger partial charge is 0.383 e. The van der Waals surface area contributed by atoms with Crippen LogP contribution in [0, 0.1) is 0 Å². The summed E-state index contributed by atoms with van der Waals surface area (Å²) < 4.78 is 67.1. The van der Waals surface area contributed by atoms with Gasteiger partial charge in [-0.2, -0.15) is 17.9 Å². The van der Waals surface area contributed by atoms with Crippen LogP contribution in [0.3, 0.4) is 0 Å². The summed E-state index contributed by atoms with van der Waals surface area (Å²) in [6.45, 7) is 0.778. The van der Waals surface area contributed by atoms with Crippen LogP contribution in [-0.2, 0) is 26.0 Å². The van der Waals surface area contributed by atoms with Crippen LogP contribution in [0.2, 0.25) is 0 Å². The van der Waals surface area contributed by atoms with Gasteiger partial charge in [-0.15, -0.1) is 11.6 Å². The summed E-state index contributed by atoms with van der Waals surface area (Å²) in [6.07, 6.45) is -3.90. The van der Waals surface area contributed by atoms with Gasteiger partial charge in [0.2, 0.25) is 15.9 Å². The molecule has 2 aliphatic heterocycles. The summed E-state index contributed by atoms with van der Waals surface area (Å²) in [6, 6.07) is 7.92. The predicted octanol–water partition coefficient (Wildman–Crippen LogP) is 3.48. The van der Waals surface area contributed by atoms with E-state index in [2.05, 4.69) is 10.0 Å². The molecular weight excluding hydrogens is 533 g/mol. The van der Waals surface area contributed by atoms with Crippen molar-refractivity contribution in [3.63, 3.8) is 0 Å². The summed E-state index contributed by atoms with van der Waals surface area (Å²) in [5.74, 6) is -2.32. The topological polar surface area (TPSA) is 98.8 Å². The Balaban J connectivity index is 1.30. The Hall–Kier alpha value is -2.83. The van der Waals surface area contributed by atoms with Gasteiger partial charge >= 0.3 is 12.1 Å². The molecule has 0 aromatic heterocycles. The number of rotatable bonds is 5. The van der Waals surface area contributed by atoms with Crippen molar-refractivity contribution in [1.82, 2.24) is 9.62 Å². The summed E-state index contributed by atoms with van der Waals surface area (Å²) >= 11 is 6.19. The standard InChI is InChI=1S/C24H24ClF3N4O4S/c1-31(23(34)24(26,27)28)21-7-2-13-10-14(3-5-16(13)21)32-9-8-19(22(32)33)30-37(35,36)15-4-6-17-18(25)12-29-20(17)11-15/h3-6,10-11,18-19,21,29-30H,2,7-9,12H2,1H3/t18?,19-,21?/m0/s1. The molecule has 0 spiro atoms. The second-order valence-corrected chi connectivity index (χ2v) is 11.6. The van der Waals surface area contributed by atoms with Gasteiger partial charge in [-0.05, 0) is 60.2 Å². The molecule has 2 aromatic carbocycles. The van der Waals surface area contributed by atoms with Crippen LogP contribution in [0.15, 0.2) is 41.3 Å². The molecule has 13 heteroatoms. The van der Waals surface area contributed by atoms with Gasteiger partial charge in [-0.3, -0.25) is 9.59 Å². The van der Waals surface area contributed by atoms with Gasteiger partial charge in [0.05, 0.1) is 16.3 Å². The highest BCUT2D eigenvalue weighted by Gasteiger charge is 2.44. The third-order valence-corrected chi connectivity index (χ3v) is 9.02. The highest BCUT2D eigenvalue weighted by atomic mass is 35.5. The maximum atomic E-state index is 13.1. The van der Waals surface area contributed by atoms with E-state index in [0.717, 1.165) is 18.2 Å². The lowest BCUT2D eigenvalue weighted by molar-refractivity contribution is -0.186. The number of alkyl halides is 4. The minimum Gasteiger partial charge on any atom is -0.383 e. The van der Waals surface area contributed by atoms with E-state index in [0.29, 0.717) is 41.2 Å². The Kier molecular flexibility index (Phi) is 6.40. The fourth-order valence-corrected chi connectivity index (χ4v) is 6.75. The lowest BCUT2D eigenvalue weighted by Crippen LogP contribution is -2.41. The average Bonchev–Trinajstić information content (AvgIpc) is 3.54. The molecule has 1 saturated heterocycles. The molecule has 2 unspecified atom stereocenters. The van der Waals surface area contributed by atoms with E-state index in [4.69, 9.17) is 11.6 Å². The van der Waals surface area contributed by atoms with Gasteiger partial charge in [0.15, 0.2) is 0 Å². The van der Waals surface area contributed by atoms with Crippen LogP contribution in [0.25, 0.3) is 0 Å². The normalized spacial score (nSPS) is 23.1. The van der Waals surface area contributed by atoms with Crippen molar-refractivity contribution >= 4 is 44.8 Å². The number of aryl methyl sites for hydroxylation is 1. The zero-order chi connectivity index (χ0) is 26.7. The molecule has 5 rings (SSSR count). The van der Waals surface area contributed by atoms with Crippen molar-refractivity contribution in [3.05, 3.63) is 53.1 Å². The molecule has 0 saturated carbocycles. The Labute approximate surface area is 216 Å². The number of hydrogen-bond donors (Lipinski definition) is 2. The van der Waals surface area contributed by atoms with Crippen LogP contribution in [0.5, 0.6) is 0 Å². The van der Waals surface area contributed by atoms with Gasteiger partial charge in [0.25, 0.3) is 0 Å². The van der Waals surface area contributed by atoms with E-state index >= 15 is 0 Å². The van der Waals surface area contributed by atoms with Crippen molar-refractivity contribution < 1.29 is 31.2 Å². The molecule has 3 aliphatic rings. The van der Waals surface area contributed by atoms with Crippen molar-refractivity contribution in [2.45, 2.75) is 47.8 Å². The molecule has 2 amide bonds. The number of hydrogen-bond acceptors (Lipinski definition) is 5. The number of nitrogens with zero attached hydrogens (tertiary/aromatic N) is 2. The van der Waals surface area contributed by atoms with Crippen molar-refractivity contribution in [3.8, 4) is 0 Å². The van der Waals surface area contributed by atoms with Crippen molar-refractivity contribution in [2.24, 2.45) is 0 Å². The number of benzene rings is 2. The lowest BCUT2D eigenvalue weighted by Gasteiger charge is -2.26. The molecule has 3 atom stereocenters. The first kappa shape index (κ1) is 25.8. The molecule has 0 radical (unpaired) electrons. The molecule has 2 heterocycles. The molecule has 1 fully saturated rings. The first-order valence-electron chi connectivity index (χ1n) is 11.7. The zero-order valence-corrected chi connectivity index (χ0v) is 21.3. The molecule has 198 valence electrons. The molecule has 8 nitrogen and oxygen atoms in total. The average molecular weight is 557 g/mol. The number of carbonyl (C=O) groups excluding carboxylic acids is 2. The first-order chi connectivity index (χ1) is 17.4. The van der Waals surface area contributed by atoms with Gasteiger partial charge in [-0.1, -0.05) is 12.1 Å². The minimum atomic E-state index is -4.95. The van der Waals surface area contributed by atoms with Crippen LogP contribution in [-0.4, -0.2) is 57.5 Å². The Morgan fingerprint density at radius 2 is 1.89 bits per heavy atom. The Bertz CT molecular complexity index is 1380. The second-order valence-electron chi connectivity index (χ2n) is 9.40. The largest absolute Gasteiger partial charge is 0.471 e. The van der Waals surface area contributed by atoms with Crippen molar-refractivity contribution in [2.75, 3.05) is 30.4 Å². The van der Waals surface area contributed by atoms with E-state index < -0.39 is 40.1 Å². The van der Waals surface area contributed by atoms with Gasteiger partial charge in [0, 0.05) is 31.5 Å². The quantitative estimate of drug-likeness (QED) is 0.550.